The smallest absolute Gasteiger partial charge is 0.0496 e. The van der Waals surface area contributed by atoms with Crippen molar-refractivity contribution in [1.82, 2.24) is 59.8 Å². The van der Waals surface area contributed by atoms with Gasteiger partial charge in [0.2, 0.25) is 0 Å². The van der Waals surface area contributed by atoms with Crippen molar-refractivity contribution in [1.29, 1.82) is 0 Å². The predicted molar refractivity (Wildman–Crippen MR) is 476 cm³/mol. The van der Waals surface area contributed by atoms with E-state index < -0.39 is 0 Å². The van der Waals surface area contributed by atoms with E-state index in [-0.39, 0.29) is 0 Å². The lowest BCUT2D eigenvalue weighted by Crippen LogP contribution is -1.73. The molecule has 12 heteroatoms. The second-order valence-electron chi connectivity index (χ2n) is 29.1. The molecule has 0 saturated heterocycles. The summed E-state index contributed by atoms with van der Waals surface area (Å²) in [6.07, 6.45) is 14.9. The number of aromatic nitrogens is 12. The number of fused-ring (bicyclic) bond motifs is 24. The van der Waals surface area contributed by atoms with Gasteiger partial charge in [-0.25, -0.2) is 0 Å². The molecule has 0 spiro atoms. The zero-order valence-electron chi connectivity index (χ0n) is 63.8. The van der Waals surface area contributed by atoms with Gasteiger partial charge in [0.15, 0.2) is 0 Å². The fourth-order valence-electron chi connectivity index (χ4n) is 15.6. The Morgan fingerprint density at radius 1 is 0.170 bits per heavy atom. The van der Waals surface area contributed by atoms with Gasteiger partial charge in [0.1, 0.15) is 0 Å². The van der Waals surface area contributed by atoms with E-state index in [4.69, 9.17) is 0 Å². The quantitative estimate of drug-likeness (QED) is 0.0754. The Bertz CT molecular complexity index is 7040. The van der Waals surface area contributed by atoms with Crippen molar-refractivity contribution in [3.05, 3.63) is 361 Å². The summed E-state index contributed by atoms with van der Waals surface area (Å²) in [4.78, 5) is 43.8. The van der Waals surface area contributed by atoms with Crippen molar-refractivity contribution in [2.24, 2.45) is 0 Å². The molecule has 0 aliphatic carbocycles. The van der Waals surface area contributed by atoms with Crippen molar-refractivity contribution in [2.45, 2.75) is 55.4 Å². The Hall–Kier alpha value is -14.4. The number of benzene rings is 12. The molecule has 8 N–H and O–H groups in total. The van der Waals surface area contributed by atoms with Crippen LogP contribution >= 0.6 is 0 Å². The molecule has 24 aromatic rings. The van der Waals surface area contributed by atoms with Crippen LogP contribution in [0.3, 0.4) is 0 Å². The van der Waals surface area contributed by atoms with Gasteiger partial charge in [0.05, 0.1) is 0 Å². The average molecular weight is 1450 g/mol. The van der Waals surface area contributed by atoms with E-state index in [1.807, 2.05) is 73.8 Å². The Kier molecular flexibility index (Phi) is 19.4. The molecule has 12 nitrogen and oxygen atoms in total. The molecule has 112 heavy (non-hydrogen) atoms. The summed E-state index contributed by atoms with van der Waals surface area (Å²) in [6.45, 7) is 17.0. The first-order valence-electron chi connectivity index (χ1n) is 37.9. The van der Waals surface area contributed by atoms with E-state index >= 15 is 0 Å². The summed E-state index contributed by atoms with van der Waals surface area (Å²) in [5.74, 6) is 0. The molecule has 0 unspecified atom stereocenters. The normalized spacial score (nSPS) is 11.2. The van der Waals surface area contributed by atoms with Gasteiger partial charge < -0.3 is 39.9 Å². The van der Waals surface area contributed by atoms with Crippen molar-refractivity contribution in [2.75, 3.05) is 0 Å². The van der Waals surface area contributed by atoms with Crippen LogP contribution in [-0.4, -0.2) is 59.8 Å². The second kappa shape index (κ2) is 30.7. The van der Waals surface area contributed by atoms with E-state index in [1.165, 1.54) is 197 Å². The topological polar surface area (TPSA) is 178 Å². The SMILES string of the molecule is Cc1ccc2[nH]c3ccccc3c2c1.Cc1ccc2[nH]c3ccncc3c2c1.Cc1ccc2c(c1)[nH]c1ccccc12.Cc1ccc2c(c1)[nH]c1ccncc12.Cc1cccc2[nH]c3ccccc3c12.Cc1cccc2[nH]c3ccncc3c12.Cc1cccc2c1[nH]c1ccccc12.Cc1cccc2c1[nH]c1ccncc12. The third-order valence-corrected chi connectivity index (χ3v) is 21.2. The molecular weight excluding hydrogens is 1370 g/mol. The fourth-order valence-corrected chi connectivity index (χ4v) is 15.6. The number of aryl methyl sites for hydroxylation is 8. The molecule has 0 atom stereocenters. The first kappa shape index (κ1) is 70.6. The minimum Gasteiger partial charge on any atom is -0.355 e. The van der Waals surface area contributed by atoms with Crippen molar-refractivity contribution in [3.8, 4) is 0 Å². The molecule has 0 bridgehead atoms. The lowest BCUT2D eigenvalue weighted by atomic mass is 10.1. The number of nitrogens with zero attached hydrogens (tertiary/aromatic N) is 4. The largest absolute Gasteiger partial charge is 0.355 e. The number of hydrogen-bond acceptors (Lipinski definition) is 4. The van der Waals surface area contributed by atoms with Gasteiger partial charge in [-0.3, -0.25) is 19.9 Å². The minimum atomic E-state index is 1.15. The number of rotatable bonds is 0. The minimum absolute atomic E-state index is 1.15. The van der Waals surface area contributed by atoms with Crippen LogP contribution in [0, 0.1) is 55.4 Å². The Balaban J connectivity index is 0.0000000929. The van der Waals surface area contributed by atoms with E-state index in [2.05, 4.69) is 358 Å². The van der Waals surface area contributed by atoms with Crippen LogP contribution < -0.4 is 0 Å². The van der Waals surface area contributed by atoms with Crippen molar-refractivity contribution in [3.63, 3.8) is 0 Å². The summed E-state index contributed by atoms with van der Waals surface area (Å²) in [5, 5.41) is 20.4. The second-order valence-corrected chi connectivity index (χ2v) is 29.1. The number of pyridine rings is 4. The molecule has 12 heterocycles. The average Bonchev–Trinajstić information content (AvgIpc) is 1.68. The predicted octanol–water partition coefficient (Wildman–Crippen LogP) is 26.6. The van der Waals surface area contributed by atoms with E-state index in [9.17, 15) is 0 Å². The van der Waals surface area contributed by atoms with Crippen LogP contribution in [0.2, 0.25) is 0 Å². The van der Waals surface area contributed by atoms with Gasteiger partial charge in [0.25, 0.3) is 0 Å². The first-order valence-corrected chi connectivity index (χ1v) is 37.9. The molecule has 0 saturated carbocycles. The summed E-state index contributed by atoms with van der Waals surface area (Å²) < 4.78 is 0. The molecule has 12 aromatic heterocycles. The maximum Gasteiger partial charge on any atom is 0.0496 e. The van der Waals surface area contributed by atoms with E-state index in [0.29, 0.717) is 0 Å². The highest BCUT2D eigenvalue weighted by molar-refractivity contribution is 6.13. The van der Waals surface area contributed by atoms with Gasteiger partial charge in [0, 0.05) is 224 Å². The number of aromatic amines is 8. The molecule has 12 aromatic carbocycles. The summed E-state index contributed by atoms with van der Waals surface area (Å²) in [5.41, 5.74) is 29.6. The number of para-hydroxylation sites is 6. The van der Waals surface area contributed by atoms with Crippen LogP contribution in [0.15, 0.2) is 316 Å². The Labute approximate surface area is 646 Å². The summed E-state index contributed by atoms with van der Waals surface area (Å²) >= 11 is 0. The Morgan fingerprint density at radius 2 is 0.438 bits per heavy atom. The monoisotopic (exact) mass is 1450 g/mol. The molecule has 0 aliphatic heterocycles. The van der Waals surface area contributed by atoms with E-state index in [1.54, 1.807) is 0 Å². The summed E-state index contributed by atoms with van der Waals surface area (Å²) in [6, 6.07) is 93.0. The number of hydrogen-bond donors (Lipinski definition) is 8. The van der Waals surface area contributed by atoms with Crippen LogP contribution in [0.4, 0.5) is 0 Å². The number of nitrogens with one attached hydrogen (secondary N) is 8. The van der Waals surface area contributed by atoms with Gasteiger partial charge in [-0.2, -0.15) is 0 Å². The Morgan fingerprint density at radius 3 is 0.938 bits per heavy atom. The van der Waals surface area contributed by atoms with Gasteiger partial charge in [-0.15, -0.1) is 0 Å². The molecule has 0 aliphatic rings. The van der Waals surface area contributed by atoms with Gasteiger partial charge in [-0.1, -0.05) is 181 Å². The van der Waals surface area contributed by atoms with Crippen LogP contribution in [0.1, 0.15) is 44.5 Å². The maximum absolute atomic E-state index is 4.16. The van der Waals surface area contributed by atoms with Crippen LogP contribution in [0.25, 0.3) is 174 Å². The standard InChI is InChI=1S/4C13H11N.4C12H10N2/c1-9-5-4-7-11-10-6-2-3-8-12(10)14-13(9)11;1-9-5-4-8-12-13(9)10-6-2-3-7-11(10)14-12;1-9-6-7-13-11(8-9)10-4-2-3-5-12(10)14-13;1-9-6-7-11-10-4-2-3-5-12(10)14-13(11)8-9;1-8-2-3-11-9(6-8)10-7-13-5-4-12(10)14-11;1-8-2-3-9-10-7-13-5-4-11(10)14-12(9)6-8;1-8-3-2-4-11-12(8)9-7-13-6-5-10(9)14-11;1-8-3-2-4-9-10-7-13-6-5-11(10)14-12(8)9/h4*2-8,14H,1H3;4*2-7,14H,1H3. The third kappa shape index (κ3) is 14.2. The van der Waals surface area contributed by atoms with Crippen LogP contribution in [0.5, 0.6) is 0 Å². The molecule has 24 rings (SSSR count). The molecule has 0 amide bonds. The maximum atomic E-state index is 4.16. The lowest BCUT2D eigenvalue weighted by Gasteiger charge is -1.95. The van der Waals surface area contributed by atoms with Gasteiger partial charge >= 0.3 is 0 Å². The number of H-pyrrole nitrogens is 8. The zero-order chi connectivity index (χ0) is 76.3. The first-order chi connectivity index (χ1) is 54.8. The summed E-state index contributed by atoms with van der Waals surface area (Å²) in [7, 11) is 0. The highest BCUT2D eigenvalue weighted by Crippen LogP contribution is 2.34. The van der Waals surface area contributed by atoms with Gasteiger partial charge in [-0.05, 0) is 186 Å². The third-order valence-electron chi connectivity index (χ3n) is 21.2. The molecule has 544 valence electrons. The van der Waals surface area contributed by atoms with E-state index in [0.717, 1.165) is 22.1 Å². The highest BCUT2D eigenvalue weighted by Gasteiger charge is 2.11. The van der Waals surface area contributed by atoms with Crippen molar-refractivity contribution >= 4 is 174 Å². The molecular formula is C100H84N12. The van der Waals surface area contributed by atoms with Crippen molar-refractivity contribution < 1.29 is 0 Å². The molecule has 0 fully saturated rings. The molecule has 0 radical (unpaired) electrons. The van der Waals surface area contributed by atoms with Crippen LogP contribution in [-0.2, 0) is 0 Å². The zero-order valence-corrected chi connectivity index (χ0v) is 63.8. The lowest BCUT2D eigenvalue weighted by molar-refractivity contribution is 1.36. The fraction of sp³-hybridized carbons (Fsp3) is 0.0800. The highest BCUT2D eigenvalue weighted by atomic mass is 14.8.